The molecule has 1 saturated heterocycles. The van der Waals surface area contributed by atoms with Gasteiger partial charge in [0.2, 0.25) is 0 Å². The Morgan fingerprint density at radius 3 is 2.88 bits per heavy atom. The van der Waals surface area contributed by atoms with Gasteiger partial charge in [-0.3, -0.25) is 0 Å². The van der Waals surface area contributed by atoms with Crippen molar-refractivity contribution in [1.29, 1.82) is 0 Å². The third kappa shape index (κ3) is 4.41. The average molecular weight is 252 g/mol. The Balaban J connectivity index is 1.58. The van der Waals surface area contributed by atoms with Crippen LogP contribution in [-0.4, -0.2) is 37.1 Å². The first-order valence-electron chi connectivity index (χ1n) is 6.85. The van der Waals surface area contributed by atoms with Gasteiger partial charge < -0.3 is 10.2 Å². The van der Waals surface area contributed by atoms with Crippen LogP contribution in [0.15, 0.2) is 16.8 Å². The molecule has 0 atom stereocenters. The molecule has 1 N–H and O–H groups in total. The van der Waals surface area contributed by atoms with Crippen LogP contribution in [0.5, 0.6) is 0 Å². The zero-order valence-electron chi connectivity index (χ0n) is 10.8. The van der Waals surface area contributed by atoms with Crippen LogP contribution in [0, 0.1) is 0 Å². The molecule has 1 aliphatic rings. The van der Waals surface area contributed by atoms with E-state index in [1.165, 1.54) is 50.9 Å². The maximum atomic E-state index is 3.70. The Hall–Kier alpha value is -0.380. The number of likely N-dealkylation sites (tertiary alicyclic amines) is 1. The Morgan fingerprint density at radius 2 is 2.24 bits per heavy atom. The third-order valence-electron chi connectivity index (χ3n) is 3.55. The molecule has 2 rings (SSSR count). The number of piperidine rings is 1. The van der Waals surface area contributed by atoms with Crippen LogP contribution in [0.25, 0.3) is 0 Å². The molecule has 0 spiro atoms. The molecule has 0 aliphatic carbocycles. The highest BCUT2D eigenvalue weighted by atomic mass is 32.1. The van der Waals surface area contributed by atoms with E-state index in [2.05, 4.69) is 34.0 Å². The minimum atomic E-state index is 0.752. The van der Waals surface area contributed by atoms with Crippen LogP contribution in [0.1, 0.15) is 31.7 Å². The van der Waals surface area contributed by atoms with Crippen molar-refractivity contribution in [3.63, 3.8) is 0 Å². The summed E-state index contributed by atoms with van der Waals surface area (Å²) in [7, 11) is 0. The van der Waals surface area contributed by atoms with Gasteiger partial charge in [-0.2, -0.15) is 11.3 Å². The molecule has 2 heterocycles. The van der Waals surface area contributed by atoms with Crippen LogP contribution in [0.4, 0.5) is 0 Å². The molecule has 1 fully saturated rings. The van der Waals surface area contributed by atoms with E-state index in [0.29, 0.717) is 0 Å². The van der Waals surface area contributed by atoms with Gasteiger partial charge in [0.25, 0.3) is 0 Å². The van der Waals surface area contributed by atoms with Gasteiger partial charge in [0, 0.05) is 6.04 Å². The fourth-order valence-electron chi connectivity index (χ4n) is 2.53. The highest BCUT2D eigenvalue weighted by molar-refractivity contribution is 7.07. The monoisotopic (exact) mass is 252 g/mol. The molecule has 96 valence electrons. The summed E-state index contributed by atoms with van der Waals surface area (Å²) in [6, 6.07) is 2.98. The second-order valence-corrected chi connectivity index (χ2v) is 5.73. The van der Waals surface area contributed by atoms with Crippen LogP contribution < -0.4 is 5.32 Å². The van der Waals surface area contributed by atoms with Crippen LogP contribution in [0.3, 0.4) is 0 Å². The Morgan fingerprint density at radius 1 is 1.41 bits per heavy atom. The van der Waals surface area contributed by atoms with Crippen molar-refractivity contribution >= 4 is 11.3 Å². The lowest BCUT2D eigenvalue weighted by Gasteiger charge is -2.32. The number of thiophene rings is 1. The summed E-state index contributed by atoms with van der Waals surface area (Å²) in [4.78, 5) is 2.59. The van der Waals surface area contributed by atoms with Crippen LogP contribution in [0.2, 0.25) is 0 Å². The molecule has 1 aliphatic heterocycles. The van der Waals surface area contributed by atoms with Crippen molar-refractivity contribution in [1.82, 2.24) is 10.2 Å². The van der Waals surface area contributed by atoms with Crippen molar-refractivity contribution in [2.24, 2.45) is 0 Å². The van der Waals surface area contributed by atoms with Gasteiger partial charge in [0.15, 0.2) is 0 Å². The third-order valence-corrected chi connectivity index (χ3v) is 4.29. The Labute approximate surface area is 109 Å². The molecule has 0 unspecified atom stereocenters. The lowest BCUT2D eigenvalue weighted by molar-refractivity contribution is 0.198. The van der Waals surface area contributed by atoms with Crippen molar-refractivity contribution in [3.8, 4) is 0 Å². The molecule has 17 heavy (non-hydrogen) atoms. The molecular formula is C14H24N2S. The zero-order valence-corrected chi connectivity index (χ0v) is 11.6. The molecule has 0 radical (unpaired) electrons. The highest BCUT2D eigenvalue weighted by Gasteiger charge is 2.17. The SMILES string of the molecule is CCCN1CCC(NCCc2ccsc2)CC1. The van der Waals surface area contributed by atoms with Gasteiger partial charge in [0.1, 0.15) is 0 Å². The molecule has 1 aromatic heterocycles. The maximum absolute atomic E-state index is 3.70. The number of nitrogens with one attached hydrogen (secondary N) is 1. The first kappa shape index (κ1) is 13.1. The first-order valence-corrected chi connectivity index (χ1v) is 7.79. The van der Waals surface area contributed by atoms with E-state index in [1.54, 1.807) is 11.3 Å². The second kappa shape index (κ2) is 7.14. The standard InChI is InChI=1S/C14H24N2S/c1-2-8-16-9-4-14(5-10-16)15-7-3-13-6-11-17-12-13/h6,11-12,14-15H,2-5,7-10H2,1H3. The normalized spacial score (nSPS) is 18.6. The molecule has 3 heteroatoms. The summed E-state index contributed by atoms with van der Waals surface area (Å²) in [6.45, 7) is 7.25. The summed E-state index contributed by atoms with van der Waals surface area (Å²) in [5.41, 5.74) is 1.48. The largest absolute Gasteiger partial charge is 0.314 e. The fourth-order valence-corrected chi connectivity index (χ4v) is 3.24. The molecule has 0 bridgehead atoms. The number of rotatable bonds is 6. The Kier molecular flexibility index (Phi) is 5.49. The Bertz CT molecular complexity index is 289. The van der Waals surface area contributed by atoms with Crippen molar-refractivity contribution in [2.75, 3.05) is 26.2 Å². The van der Waals surface area contributed by atoms with Gasteiger partial charge in [-0.15, -0.1) is 0 Å². The lowest BCUT2D eigenvalue weighted by atomic mass is 10.0. The van der Waals surface area contributed by atoms with Gasteiger partial charge in [-0.1, -0.05) is 6.92 Å². The summed E-state index contributed by atoms with van der Waals surface area (Å²) in [6.07, 6.45) is 5.11. The summed E-state index contributed by atoms with van der Waals surface area (Å²) < 4.78 is 0. The summed E-state index contributed by atoms with van der Waals surface area (Å²) >= 11 is 1.80. The van der Waals surface area contributed by atoms with E-state index in [0.717, 1.165) is 12.6 Å². The van der Waals surface area contributed by atoms with Gasteiger partial charge >= 0.3 is 0 Å². The highest BCUT2D eigenvalue weighted by Crippen LogP contribution is 2.11. The average Bonchev–Trinajstić information content (AvgIpc) is 2.85. The minimum Gasteiger partial charge on any atom is -0.314 e. The minimum absolute atomic E-state index is 0.752. The molecule has 1 aromatic rings. The van der Waals surface area contributed by atoms with E-state index in [4.69, 9.17) is 0 Å². The molecular weight excluding hydrogens is 228 g/mol. The predicted molar refractivity (Wildman–Crippen MR) is 75.8 cm³/mol. The lowest BCUT2D eigenvalue weighted by Crippen LogP contribution is -2.43. The van der Waals surface area contributed by atoms with E-state index >= 15 is 0 Å². The van der Waals surface area contributed by atoms with Crippen LogP contribution in [-0.2, 0) is 6.42 Å². The predicted octanol–water partition coefficient (Wildman–Crippen LogP) is 2.75. The summed E-state index contributed by atoms with van der Waals surface area (Å²) in [5.74, 6) is 0. The van der Waals surface area contributed by atoms with E-state index < -0.39 is 0 Å². The van der Waals surface area contributed by atoms with E-state index in [1.807, 2.05) is 0 Å². The van der Waals surface area contributed by atoms with Crippen molar-refractivity contribution < 1.29 is 0 Å². The second-order valence-electron chi connectivity index (χ2n) is 4.95. The zero-order chi connectivity index (χ0) is 11.9. The smallest absolute Gasteiger partial charge is 0.00915 e. The van der Waals surface area contributed by atoms with E-state index in [9.17, 15) is 0 Å². The van der Waals surface area contributed by atoms with Gasteiger partial charge in [-0.25, -0.2) is 0 Å². The number of nitrogens with zero attached hydrogens (tertiary/aromatic N) is 1. The van der Waals surface area contributed by atoms with Gasteiger partial charge in [0.05, 0.1) is 0 Å². The molecule has 2 nitrogen and oxygen atoms in total. The van der Waals surface area contributed by atoms with Gasteiger partial charge in [-0.05, 0) is 74.3 Å². The van der Waals surface area contributed by atoms with Crippen molar-refractivity contribution in [2.45, 2.75) is 38.6 Å². The topological polar surface area (TPSA) is 15.3 Å². The van der Waals surface area contributed by atoms with Crippen molar-refractivity contribution in [3.05, 3.63) is 22.4 Å². The quantitative estimate of drug-likeness (QED) is 0.837. The van der Waals surface area contributed by atoms with Crippen LogP contribution >= 0.6 is 11.3 Å². The fraction of sp³-hybridized carbons (Fsp3) is 0.714. The molecule has 0 amide bonds. The maximum Gasteiger partial charge on any atom is 0.00915 e. The number of hydrogen-bond donors (Lipinski definition) is 1. The van der Waals surface area contributed by atoms with E-state index in [-0.39, 0.29) is 0 Å². The molecule has 0 aromatic carbocycles. The summed E-state index contributed by atoms with van der Waals surface area (Å²) in [5, 5.41) is 8.12. The first-order chi connectivity index (χ1) is 8.38. The number of hydrogen-bond acceptors (Lipinski definition) is 3. The molecule has 0 saturated carbocycles.